The van der Waals surface area contributed by atoms with E-state index in [1.165, 1.54) is 18.2 Å². The number of hydrogen-bond acceptors (Lipinski definition) is 4. The summed E-state index contributed by atoms with van der Waals surface area (Å²) < 4.78 is 21.7. The summed E-state index contributed by atoms with van der Waals surface area (Å²) in [5, 5.41) is 13.1. The van der Waals surface area contributed by atoms with Crippen LogP contribution in [0.4, 0.5) is 0 Å². The summed E-state index contributed by atoms with van der Waals surface area (Å²) in [4.78, 5) is 0.686. The van der Waals surface area contributed by atoms with Gasteiger partial charge in [-0.2, -0.15) is 5.26 Å². The van der Waals surface area contributed by atoms with Gasteiger partial charge in [0, 0.05) is 11.0 Å². The molecule has 0 bridgehead atoms. The van der Waals surface area contributed by atoms with E-state index in [2.05, 4.69) is 0 Å². The number of hydrogen-bond donors (Lipinski definition) is 1. The molecule has 68 valence electrons. The summed E-state index contributed by atoms with van der Waals surface area (Å²) in [7, 11) is -3.61. The lowest BCUT2D eigenvalue weighted by atomic mass is 10.4. The van der Waals surface area contributed by atoms with Gasteiger partial charge < -0.3 is 0 Å². The number of primary sulfonamides is 1. The molecule has 0 aliphatic carbocycles. The molecule has 1 aromatic rings. The van der Waals surface area contributed by atoms with Crippen molar-refractivity contribution >= 4 is 27.4 Å². The van der Waals surface area contributed by atoms with Gasteiger partial charge in [0.2, 0.25) is 10.0 Å². The highest BCUT2D eigenvalue weighted by Crippen LogP contribution is 2.21. The van der Waals surface area contributed by atoms with Gasteiger partial charge in [0.25, 0.3) is 0 Å². The van der Waals surface area contributed by atoms with Gasteiger partial charge in [-0.3, -0.25) is 0 Å². The van der Waals surface area contributed by atoms with Crippen LogP contribution in [-0.2, 0) is 10.0 Å². The zero-order chi connectivity index (χ0) is 9.90. The zero-order valence-corrected chi connectivity index (χ0v) is 8.10. The summed E-state index contributed by atoms with van der Waals surface area (Å²) in [6.45, 7) is 0. The Kier molecular flexibility index (Phi) is 2.83. The molecule has 0 aliphatic rings. The number of rotatable bonds is 2. The predicted octanol–water partition coefficient (Wildman–Crippen LogP) is 0.932. The van der Waals surface area contributed by atoms with Crippen molar-refractivity contribution in [2.75, 3.05) is 0 Å². The normalized spacial score (nSPS) is 11.7. The number of nitrogens with zero attached hydrogens (tertiary/aromatic N) is 1. The third kappa shape index (κ3) is 2.66. The number of sulfonamides is 1. The van der Waals surface area contributed by atoms with Gasteiger partial charge in [0.1, 0.15) is 4.21 Å². The first-order valence-corrected chi connectivity index (χ1v) is 5.59. The fraction of sp³-hybridized carbons (Fsp3) is 0. The predicted molar refractivity (Wildman–Crippen MR) is 50.3 cm³/mol. The molecule has 1 rings (SSSR count). The summed E-state index contributed by atoms with van der Waals surface area (Å²) in [5.74, 6) is 0. The molecule has 0 saturated carbocycles. The molecule has 0 spiro atoms. The first kappa shape index (κ1) is 9.92. The average molecular weight is 214 g/mol. The highest BCUT2D eigenvalue weighted by molar-refractivity contribution is 7.91. The van der Waals surface area contributed by atoms with Crippen molar-refractivity contribution in [2.45, 2.75) is 4.21 Å². The molecule has 0 aliphatic heterocycles. The molecule has 6 heteroatoms. The van der Waals surface area contributed by atoms with Crippen molar-refractivity contribution in [3.8, 4) is 6.07 Å². The second-order valence-corrected chi connectivity index (χ2v) is 5.07. The fourth-order valence-electron chi connectivity index (χ4n) is 0.696. The van der Waals surface area contributed by atoms with E-state index in [1.54, 1.807) is 6.07 Å². The molecule has 2 N–H and O–H groups in total. The van der Waals surface area contributed by atoms with Crippen LogP contribution in [0.1, 0.15) is 4.88 Å². The van der Waals surface area contributed by atoms with Crippen LogP contribution in [0.25, 0.3) is 6.08 Å². The maximum Gasteiger partial charge on any atom is 0.247 e. The maximum atomic E-state index is 10.8. The van der Waals surface area contributed by atoms with Crippen LogP contribution in [0.5, 0.6) is 0 Å². The van der Waals surface area contributed by atoms with Gasteiger partial charge in [-0.15, -0.1) is 11.3 Å². The molecule has 0 amide bonds. The Morgan fingerprint density at radius 1 is 1.54 bits per heavy atom. The van der Waals surface area contributed by atoms with Gasteiger partial charge >= 0.3 is 0 Å². The van der Waals surface area contributed by atoms with E-state index in [0.29, 0.717) is 4.88 Å². The molecular formula is C7H6N2O2S2. The van der Waals surface area contributed by atoms with Gasteiger partial charge in [-0.05, 0) is 18.2 Å². The lowest BCUT2D eigenvalue weighted by Crippen LogP contribution is -2.09. The van der Waals surface area contributed by atoms with Crippen LogP contribution in [0, 0.1) is 11.3 Å². The topological polar surface area (TPSA) is 83.9 Å². The second kappa shape index (κ2) is 3.70. The van der Waals surface area contributed by atoms with E-state index in [9.17, 15) is 8.42 Å². The van der Waals surface area contributed by atoms with Crippen LogP contribution in [-0.4, -0.2) is 8.42 Å². The molecule has 1 heterocycles. The van der Waals surface area contributed by atoms with Crippen molar-refractivity contribution in [2.24, 2.45) is 5.14 Å². The van der Waals surface area contributed by atoms with Crippen LogP contribution in [0.2, 0.25) is 0 Å². The minimum absolute atomic E-state index is 0.102. The fourth-order valence-corrected chi connectivity index (χ4v) is 2.35. The second-order valence-electron chi connectivity index (χ2n) is 2.16. The summed E-state index contributed by atoms with van der Waals surface area (Å²) in [6.07, 6.45) is 2.80. The number of nitrogens with two attached hydrogens (primary N) is 1. The van der Waals surface area contributed by atoms with Crippen LogP contribution < -0.4 is 5.14 Å². The minimum Gasteiger partial charge on any atom is -0.224 e. The Bertz CT molecular complexity index is 465. The standard InChI is InChI=1S/C7H6N2O2S2/c8-5-1-2-6-3-4-7(12-6)13(9,10)11/h1-4H,(H2,9,10,11). The quantitative estimate of drug-likeness (QED) is 0.743. The van der Waals surface area contributed by atoms with E-state index in [0.717, 1.165) is 11.3 Å². The van der Waals surface area contributed by atoms with Gasteiger partial charge in [-0.25, -0.2) is 13.6 Å². The van der Waals surface area contributed by atoms with Crippen LogP contribution >= 0.6 is 11.3 Å². The Morgan fingerprint density at radius 2 is 2.23 bits per heavy atom. The van der Waals surface area contributed by atoms with E-state index in [1.807, 2.05) is 6.07 Å². The molecular weight excluding hydrogens is 208 g/mol. The Balaban J connectivity index is 3.02. The largest absolute Gasteiger partial charge is 0.247 e. The SMILES string of the molecule is N#CC=Cc1ccc(S(N)(=O)=O)s1. The van der Waals surface area contributed by atoms with Crippen LogP contribution in [0.3, 0.4) is 0 Å². The molecule has 0 saturated heterocycles. The molecule has 0 fully saturated rings. The molecule has 0 aromatic carbocycles. The minimum atomic E-state index is -3.61. The van der Waals surface area contributed by atoms with Crippen LogP contribution in [0.15, 0.2) is 22.4 Å². The molecule has 4 nitrogen and oxygen atoms in total. The summed E-state index contributed by atoms with van der Waals surface area (Å²) in [5.41, 5.74) is 0. The lowest BCUT2D eigenvalue weighted by molar-refractivity contribution is 0.600. The van der Waals surface area contributed by atoms with Crippen molar-refractivity contribution < 1.29 is 8.42 Å². The van der Waals surface area contributed by atoms with Crippen molar-refractivity contribution in [3.63, 3.8) is 0 Å². The molecule has 0 unspecified atom stereocenters. The van der Waals surface area contributed by atoms with E-state index >= 15 is 0 Å². The number of nitriles is 1. The number of thiophene rings is 1. The molecule has 13 heavy (non-hydrogen) atoms. The zero-order valence-electron chi connectivity index (χ0n) is 6.47. The maximum absolute atomic E-state index is 10.8. The van der Waals surface area contributed by atoms with E-state index in [4.69, 9.17) is 10.4 Å². The van der Waals surface area contributed by atoms with E-state index < -0.39 is 10.0 Å². The van der Waals surface area contributed by atoms with Crippen molar-refractivity contribution in [3.05, 3.63) is 23.1 Å². The van der Waals surface area contributed by atoms with Crippen molar-refractivity contribution in [1.82, 2.24) is 0 Å². The first-order chi connectivity index (χ1) is 6.04. The summed E-state index contributed by atoms with van der Waals surface area (Å²) >= 11 is 1.03. The van der Waals surface area contributed by atoms with Gasteiger partial charge in [0.15, 0.2) is 0 Å². The van der Waals surface area contributed by atoms with Gasteiger partial charge in [0.05, 0.1) is 6.07 Å². The monoisotopic (exact) mass is 214 g/mol. The number of allylic oxidation sites excluding steroid dienone is 1. The lowest BCUT2D eigenvalue weighted by Gasteiger charge is -1.87. The molecule has 0 radical (unpaired) electrons. The van der Waals surface area contributed by atoms with Crippen molar-refractivity contribution in [1.29, 1.82) is 5.26 Å². The summed E-state index contributed by atoms with van der Waals surface area (Å²) in [6, 6.07) is 4.82. The smallest absolute Gasteiger partial charge is 0.224 e. The third-order valence-corrected chi connectivity index (χ3v) is 3.69. The Morgan fingerprint density at radius 3 is 2.69 bits per heavy atom. The average Bonchev–Trinajstić information content (AvgIpc) is 2.47. The third-order valence-electron chi connectivity index (χ3n) is 1.20. The van der Waals surface area contributed by atoms with E-state index in [-0.39, 0.29) is 4.21 Å². The molecule has 1 aromatic heterocycles. The Hall–Kier alpha value is -1.16. The Labute approximate surface area is 80.0 Å². The highest BCUT2D eigenvalue weighted by Gasteiger charge is 2.09. The molecule has 0 atom stereocenters. The first-order valence-electron chi connectivity index (χ1n) is 3.23. The van der Waals surface area contributed by atoms with Gasteiger partial charge in [-0.1, -0.05) is 0 Å². The highest BCUT2D eigenvalue weighted by atomic mass is 32.2.